The number of rotatable bonds is 11. The Kier molecular flexibility index (Phi) is 14.1. The summed E-state index contributed by atoms with van der Waals surface area (Å²) in [6.07, 6.45) is 8.13. The third-order valence-corrected chi connectivity index (χ3v) is 4.97. The topological polar surface area (TPSA) is 59.2 Å². The molecule has 0 amide bonds. The minimum atomic E-state index is 0. The van der Waals surface area contributed by atoms with Gasteiger partial charge in [0.1, 0.15) is 5.76 Å². The van der Waals surface area contributed by atoms with Crippen LogP contribution in [0.5, 0.6) is 0 Å². The second kappa shape index (κ2) is 15.5. The first-order chi connectivity index (χ1) is 12.8. The molecule has 156 valence electrons. The van der Waals surface area contributed by atoms with Crippen molar-refractivity contribution in [3.8, 4) is 0 Å². The van der Waals surface area contributed by atoms with Crippen LogP contribution in [0.25, 0.3) is 0 Å². The number of hydrogen-bond acceptors (Lipinski definition) is 5. The van der Waals surface area contributed by atoms with Crippen LogP contribution in [0.3, 0.4) is 0 Å². The van der Waals surface area contributed by atoms with Crippen molar-refractivity contribution >= 4 is 41.7 Å². The minimum Gasteiger partial charge on any atom is -0.469 e. The fourth-order valence-electron chi connectivity index (χ4n) is 2.95. The highest BCUT2D eigenvalue weighted by atomic mass is 127. The van der Waals surface area contributed by atoms with Crippen molar-refractivity contribution in [3.63, 3.8) is 0 Å². The quantitative estimate of drug-likeness (QED) is 0.213. The molecule has 0 spiro atoms. The van der Waals surface area contributed by atoms with E-state index in [1.165, 1.54) is 0 Å². The molecule has 1 saturated heterocycles. The van der Waals surface area contributed by atoms with Gasteiger partial charge in [0.25, 0.3) is 0 Å². The maximum Gasteiger partial charge on any atom is 0.193 e. The standard InChI is InChI=1S/C19H33N3O3S.HI/c1-23-13-4-15-25-18-7-11-22(12-8-18)19(21-10-16-26-2)20-9-6-17-5-3-14-24-17;/h3,5,14,18H,4,6-13,15-16H2,1-2H3,(H,20,21);1H. The monoisotopic (exact) mass is 511 g/mol. The van der Waals surface area contributed by atoms with E-state index in [1.807, 2.05) is 23.9 Å². The van der Waals surface area contributed by atoms with Gasteiger partial charge in [-0.1, -0.05) is 0 Å². The Balaban J connectivity index is 0.00000364. The van der Waals surface area contributed by atoms with E-state index in [1.54, 1.807) is 13.4 Å². The van der Waals surface area contributed by atoms with Crippen molar-refractivity contribution in [1.29, 1.82) is 0 Å². The molecule has 0 aliphatic carbocycles. The van der Waals surface area contributed by atoms with E-state index >= 15 is 0 Å². The molecule has 0 bridgehead atoms. The van der Waals surface area contributed by atoms with E-state index in [-0.39, 0.29) is 24.0 Å². The Bertz CT molecular complexity index is 494. The SMILES string of the molecule is COCCCOC1CCN(C(=NCCSC)NCCc2ccco2)CC1.I. The molecule has 1 aromatic heterocycles. The lowest BCUT2D eigenvalue weighted by Crippen LogP contribution is -2.47. The summed E-state index contributed by atoms with van der Waals surface area (Å²) >= 11 is 1.83. The molecule has 2 rings (SSSR count). The van der Waals surface area contributed by atoms with Crippen LogP contribution in [0, 0.1) is 0 Å². The zero-order valence-corrected chi connectivity index (χ0v) is 19.7. The third kappa shape index (κ3) is 10.0. The summed E-state index contributed by atoms with van der Waals surface area (Å²) < 4.78 is 16.4. The van der Waals surface area contributed by atoms with Gasteiger partial charge in [-0.2, -0.15) is 11.8 Å². The summed E-state index contributed by atoms with van der Waals surface area (Å²) in [5, 5.41) is 3.51. The van der Waals surface area contributed by atoms with Crippen molar-refractivity contribution < 1.29 is 13.9 Å². The van der Waals surface area contributed by atoms with E-state index < -0.39 is 0 Å². The number of hydrogen-bond donors (Lipinski definition) is 1. The van der Waals surface area contributed by atoms with Gasteiger partial charge in [0.05, 0.1) is 18.9 Å². The largest absolute Gasteiger partial charge is 0.469 e. The molecule has 0 aromatic carbocycles. The maximum absolute atomic E-state index is 5.96. The number of halogens is 1. The summed E-state index contributed by atoms with van der Waals surface area (Å²) in [5.74, 6) is 3.06. The first-order valence-electron chi connectivity index (χ1n) is 9.48. The van der Waals surface area contributed by atoms with Crippen molar-refractivity contribution in [2.45, 2.75) is 31.8 Å². The Hall–Kier alpha value is -0.450. The number of ether oxygens (including phenoxy) is 2. The maximum atomic E-state index is 5.96. The fourth-order valence-corrected chi connectivity index (χ4v) is 3.22. The van der Waals surface area contributed by atoms with Gasteiger partial charge in [-0.05, 0) is 37.7 Å². The van der Waals surface area contributed by atoms with Gasteiger partial charge in [0, 0.05) is 52.1 Å². The van der Waals surface area contributed by atoms with Gasteiger partial charge < -0.3 is 24.1 Å². The molecule has 6 nitrogen and oxygen atoms in total. The highest BCUT2D eigenvalue weighted by Crippen LogP contribution is 2.14. The number of aliphatic imine (C=N–C) groups is 1. The van der Waals surface area contributed by atoms with E-state index in [9.17, 15) is 0 Å². The summed E-state index contributed by atoms with van der Waals surface area (Å²) in [5.41, 5.74) is 0. The summed E-state index contributed by atoms with van der Waals surface area (Å²) in [6, 6.07) is 3.94. The van der Waals surface area contributed by atoms with Gasteiger partial charge in [0.2, 0.25) is 0 Å². The van der Waals surface area contributed by atoms with Crippen LogP contribution >= 0.6 is 35.7 Å². The first kappa shape index (κ1) is 24.6. The first-order valence-corrected chi connectivity index (χ1v) is 10.9. The molecule has 0 saturated carbocycles. The summed E-state index contributed by atoms with van der Waals surface area (Å²) in [6.45, 7) is 5.21. The highest BCUT2D eigenvalue weighted by molar-refractivity contribution is 14.0. The number of thioether (sulfide) groups is 1. The number of furan rings is 1. The van der Waals surface area contributed by atoms with Crippen LogP contribution in [0.2, 0.25) is 0 Å². The highest BCUT2D eigenvalue weighted by Gasteiger charge is 2.22. The van der Waals surface area contributed by atoms with Crippen molar-refractivity contribution in [1.82, 2.24) is 10.2 Å². The van der Waals surface area contributed by atoms with Crippen LogP contribution in [-0.2, 0) is 15.9 Å². The lowest BCUT2D eigenvalue weighted by atomic mass is 10.1. The number of nitrogens with zero attached hydrogens (tertiary/aromatic N) is 2. The molecule has 1 N–H and O–H groups in total. The average molecular weight is 511 g/mol. The molecule has 8 heteroatoms. The third-order valence-electron chi connectivity index (χ3n) is 4.38. The molecule has 1 aliphatic rings. The zero-order valence-electron chi connectivity index (χ0n) is 16.5. The number of likely N-dealkylation sites (tertiary alicyclic amines) is 1. The number of nitrogens with one attached hydrogen (secondary N) is 1. The van der Waals surface area contributed by atoms with Crippen molar-refractivity contribution in [2.24, 2.45) is 4.99 Å². The molecule has 0 radical (unpaired) electrons. The summed E-state index contributed by atoms with van der Waals surface area (Å²) in [4.78, 5) is 7.15. The average Bonchev–Trinajstić information content (AvgIpc) is 3.18. The van der Waals surface area contributed by atoms with E-state index in [0.29, 0.717) is 6.10 Å². The van der Waals surface area contributed by atoms with Gasteiger partial charge in [0.15, 0.2) is 5.96 Å². The Labute approximate surface area is 184 Å². The van der Waals surface area contributed by atoms with Gasteiger partial charge >= 0.3 is 0 Å². The second-order valence-corrected chi connectivity index (χ2v) is 7.34. The summed E-state index contributed by atoms with van der Waals surface area (Å²) in [7, 11) is 1.73. The van der Waals surface area contributed by atoms with E-state index in [2.05, 4.69) is 16.5 Å². The van der Waals surface area contributed by atoms with Crippen molar-refractivity contribution in [3.05, 3.63) is 24.2 Å². The smallest absolute Gasteiger partial charge is 0.193 e. The molecular formula is C19H34IN3O3S. The molecule has 0 atom stereocenters. The molecule has 1 aliphatic heterocycles. The molecule has 1 fully saturated rings. The van der Waals surface area contributed by atoms with Crippen LogP contribution < -0.4 is 5.32 Å². The number of guanidine groups is 1. The van der Waals surface area contributed by atoms with Crippen LogP contribution in [0.1, 0.15) is 25.0 Å². The van der Waals surface area contributed by atoms with Gasteiger partial charge in [-0.25, -0.2) is 0 Å². The lowest BCUT2D eigenvalue weighted by Gasteiger charge is -2.34. The zero-order chi connectivity index (χ0) is 18.5. The minimum absolute atomic E-state index is 0. The predicted molar refractivity (Wildman–Crippen MR) is 124 cm³/mol. The lowest BCUT2D eigenvalue weighted by molar-refractivity contribution is 0.00990. The van der Waals surface area contributed by atoms with Crippen LogP contribution in [0.15, 0.2) is 27.8 Å². The van der Waals surface area contributed by atoms with Gasteiger partial charge in [-0.3, -0.25) is 4.99 Å². The number of piperidine rings is 1. The molecule has 2 heterocycles. The van der Waals surface area contributed by atoms with Crippen molar-refractivity contribution in [2.75, 3.05) is 58.5 Å². The van der Waals surface area contributed by atoms with Crippen LogP contribution in [-0.4, -0.2) is 75.5 Å². The second-order valence-electron chi connectivity index (χ2n) is 6.36. The van der Waals surface area contributed by atoms with Gasteiger partial charge in [-0.15, -0.1) is 24.0 Å². The molecule has 0 unspecified atom stereocenters. The van der Waals surface area contributed by atoms with Crippen LogP contribution in [0.4, 0.5) is 0 Å². The molecule has 1 aromatic rings. The van der Waals surface area contributed by atoms with E-state index in [4.69, 9.17) is 18.9 Å². The molecule has 27 heavy (non-hydrogen) atoms. The Morgan fingerprint density at radius 1 is 1.37 bits per heavy atom. The number of methoxy groups -OCH3 is 1. The normalized spacial score (nSPS) is 15.6. The Morgan fingerprint density at radius 3 is 2.85 bits per heavy atom. The molecular weight excluding hydrogens is 477 g/mol. The fraction of sp³-hybridized carbons (Fsp3) is 0.737. The predicted octanol–water partition coefficient (Wildman–Crippen LogP) is 3.27. The van der Waals surface area contributed by atoms with E-state index in [0.717, 1.165) is 82.5 Å². The Morgan fingerprint density at radius 2 is 2.19 bits per heavy atom.